The van der Waals surface area contributed by atoms with Crippen LogP contribution in [0.3, 0.4) is 0 Å². The largest absolute Gasteiger partial charge is 0.462 e. The quantitative estimate of drug-likeness (QED) is 0.669. The monoisotopic (exact) mass is 201 g/mol. The van der Waals surface area contributed by atoms with Gasteiger partial charge in [0.1, 0.15) is 6.04 Å². The van der Waals surface area contributed by atoms with E-state index in [9.17, 15) is 4.79 Å². The number of ether oxygens (including phenoxy) is 1. The van der Waals surface area contributed by atoms with Gasteiger partial charge in [-0.05, 0) is 19.3 Å². The summed E-state index contributed by atoms with van der Waals surface area (Å²) in [5, 5.41) is 0. The van der Waals surface area contributed by atoms with Gasteiger partial charge in [-0.25, -0.2) is 0 Å². The van der Waals surface area contributed by atoms with Gasteiger partial charge in [0.15, 0.2) is 0 Å². The van der Waals surface area contributed by atoms with Crippen LogP contribution in [0.1, 0.15) is 47.0 Å². The number of nitrogens with two attached hydrogens (primary N) is 1. The summed E-state index contributed by atoms with van der Waals surface area (Å²) in [5.74, 6) is -0.0726. The molecule has 0 saturated heterocycles. The van der Waals surface area contributed by atoms with Crippen molar-refractivity contribution in [1.29, 1.82) is 0 Å². The Labute approximate surface area is 87.0 Å². The van der Waals surface area contributed by atoms with E-state index in [1.165, 1.54) is 0 Å². The summed E-state index contributed by atoms with van der Waals surface area (Å²) in [6.45, 7) is 7.97. The van der Waals surface area contributed by atoms with Gasteiger partial charge in [0.05, 0.1) is 6.10 Å². The molecule has 0 heterocycles. The molecule has 3 heteroatoms. The van der Waals surface area contributed by atoms with Crippen molar-refractivity contribution < 1.29 is 9.53 Å². The molecule has 0 amide bonds. The molecule has 0 bridgehead atoms. The Kier molecular flexibility index (Phi) is 6.54. The molecule has 0 fully saturated rings. The highest BCUT2D eigenvalue weighted by atomic mass is 16.5. The first kappa shape index (κ1) is 13.4. The lowest BCUT2D eigenvalue weighted by Crippen LogP contribution is -2.39. The second-order valence-electron chi connectivity index (χ2n) is 3.95. The fraction of sp³-hybridized carbons (Fsp3) is 0.909. The first-order chi connectivity index (χ1) is 6.52. The van der Waals surface area contributed by atoms with E-state index in [-0.39, 0.29) is 18.0 Å². The summed E-state index contributed by atoms with van der Waals surface area (Å²) in [6, 6.07) is -0.473. The fourth-order valence-corrected chi connectivity index (χ4v) is 1.23. The molecule has 0 aromatic rings. The Balaban J connectivity index is 3.94. The van der Waals surface area contributed by atoms with E-state index in [2.05, 4.69) is 6.92 Å². The van der Waals surface area contributed by atoms with Crippen molar-refractivity contribution in [3.63, 3.8) is 0 Å². The van der Waals surface area contributed by atoms with Gasteiger partial charge >= 0.3 is 5.97 Å². The van der Waals surface area contributed by atoms with Crippen molar-refractivity contribution in [1.82, 2.24) is 0 Å². The first-order valence-corrected chi connectivity index (χ1v) is 5.48. The lowest BCUT2D eigenvalue weighted by atomic mass is 10.0. The van der Waals surface area contributed by atoms with E-state index in [1.807, 2.05) is 20.8 Å². The van der Waals surface area contributed by atoms with Crippen molar-refractivity contribution in [2.75, 3.05) is 0 Å². The molecule has 84 valence electrons. The molecule has 14 heavy (non-hydrogen) atoms. The Hall–Kier alpha value is -0.570. The number of hydrogen-bond donors (Lipinski definition) is 1. The molecule has 0 aliphatic carbocycles. The van der Waals surface area contributed by atoms with E-state index in [0.717, 1.165) is 19.3 Å². The Bertz CT molecular complexity index is 171. The van der Waals surface area contributed by atoms with Crippen molar-refractivity contribution in [2.24, 2.45) is 11.7 Å². The summed E-state index contributed by atoms with van der Waals surface area (Å²) >= 11 is 0. The zero-order chi connectivity index (χ0) is 11.1. The topological polar surface area (TPSA) is 52.3 Å². The average molecular weight is 201 g/mol. The van der Waals surface area contributed by atoms with Gasteiger partial charge in [-0.1, -0.05) is 33.6 Å². The maximum atomic E-state index is 11.5. The minimum Gasteiger partial charge on any atom is -0.462 e. The highest BCUT2D eigenvalue weighted by molar-refractivity contribution is 5.75. The fourth-order valence-electron chi connectivity index (χ4n) is 1.23. The first-order valence-electron chi connectivity index (χ1n) is 5.48. The van der Waals surface area contributed by atoms with Crippen LogP contribution in [-0.2, 0) is 9.53 Å². The van der Waals surface area contributed by atoms with Crippen LogP contribution >= 0.6 is 0 Å². The summed E-state index contributed by atoms with van der Waals surface area (Å²) in [6.07, 6.45) is 2.81. The lowest BCUT2D eigenvalue weighted by molar-refractivity contribution is -0.151. The highest BCUT2D eigenvalue weighted by Gasteiger charge is 2.22. The SMILES string of the molecule is CCCC(C)OC(=O)[C@@H](N)C(C)CC. The van der Waals surface area contributed by atoms with Crippen LogP contribution in [-0.4, -0.2) is 18.1 Å². The van der Waals surface area contributed by atoms with Crippen molar-refractivity contribution in [3.8, 4) is 0 Å². The van der Waals surface area contributed by atoms with Crippen LogP contribution in [0.4, 0.5) is 0 Å². The van der Waals surface area contributed by atoms with Crippen LogP contribution in [0, 0.1) is 5.92 Å². The number of hydrogen-bond acceptors (Lipinski definition) is 3. The van der Waals surface area contributed by atoms with E-state index in [0.29, 0.717) is 0 Å². The second kappa shape index (κ2) is 6.82. The van der Waals surface area contributed by atoms with E-state index >= 15 is 0 Å². The number of carbonyl (C=O) groups is 1. The van der Waals surface area contributed by atoms with E-state index in [4.69, 9.17) is 10.5 Å². The third-order valence-electron chi connectivity index (χ3n) is 2.54. The molecular weight excluding hydrogens is 178 g/mol. The molecule has 2 unspecified atom stereocenters. The van der Waals surface area contributed by atoms with Gasteiger partial charge in [0.25, 0.3) is 0 Å². The van der Waals surface area contributed by atoms with Crippen LogP contribution in [0.2, 0.25) is 0 Å². The molecule has 2 N–H and O–H groups in total. The Morgan fingerprint density at radius 2 is 1.93 bits per heavy atom. The molecule has 0 aliphatic rings. The summed E-state index contributed by atoms with van der Waals surface area (Å²) in [5.41, 5.74) is 5.74. The van der Waals surface area contributed by atoms with Gasteiger partial charge in [-0.2, -0.15) is 0 Å². The maximum Gasteiger partial charge on any atom is 0.323 e. The normalized spacial score (nSPS) is 17.2. The standard InChI is InChI=1S/C11H23NO2/c1-5-7-9(4)14-11(13)10(12)8(3)6-2/h8-10H,5-7,12H2,1-4H3/t8?,9?,10-/m0/s1. The minimum absolute atomic E-state index is 0.0115. The van der Waals surface area contributed by atoms with Crippen molar-refractivity contribution in [2.45, 2.75) is 59.1 Å². The predicted octanol–water partition coefficient (Wildman–Crippen LogP) is 2.09. The van der Waals surface area contributed by atoms with Gasteiger partial charge in [-0.15, -0.1) is 0 Å². The van der Waals surface area contributed by atoms with Gasteiger partial charge < -0.3 is 10.5 Å². The van der Waals surface area contributed by atoms with Crippen LogP contribution in [0.25, 0.3) is 0 Å². The third kappa shape index (κ3) is 4.61. The van der Waals surface area contributed by atoms with Crippen molar-refractivity contribution in [3.05, 3.63) is 0 Å². The molecule has 3 atom stereocenters. The Morgan fingerprint density at radius 3 is 2.36 bits per heavy atom. The maximum absolute atomic E-state index is 11.5. The molecule has 0 aliphatic heterocycles. The molecule has 0 spiro atoms. The third-order valence-corrected chi connectivity index (χ3v) is 2.54. The molecule has 0 aromatic carbocycles. The molecule has 0 saturated carbocycles. The van der Waals surface area contributed by atoms with Crippen molar-refractivity contribution >= 4 is 5.97 Å². The predicted molar refractivity (Wildman–Crippen MR) is 57.9 cm³/mol. The molecule has 0 aromatic heterocycles. The molecular formula is C11H23NO2. The Morgan fingerprint density at radius 1 is 1.36 bits per heavy atom. The smallest absolute Gasteiger partial charge is 0.323 e. The van der Waals surface area contributed by atoms with E-state index in [1.54, 1.807) is 0 Å². The summed E-state index contributed by atoms with van der Waals surface area (Å²) in [4.78, 5) is 11.5. The zero-order valence-corrected chi connectivity index (χ0v) is 9.75. The lowest BCUT2D eigenvalue weighted by Gasteiger charge is -2.19. The van der Waals surface area contributed by atoms with Gasteiger partial charge in [0, 0.05) is 0 Å². The molecule has 3 nitrogen and oxygen atoms in total. The van der Waals surface area contributed by atoms with Crippen LogP contribution < -0.4 is 5.73 Å². The summed E-state index contributed by atoms with van der Waals surface area (Å²) < 4.78 is 5.21. The number of rotatable bonds is 6. The van der Waals surface area contributed by atoms with E-state index < -0.39 is 6.04 Å². The highest BCUT2D eigenvalue weighted by Crippen LogP contribution is 2.09. The minimum atomic E-state index is -0.473. The number of esters is 1. The zero-order valence-electron chi connectivity index (χ0n) is 9.75. The molecule has 0 radical (unpaired) electrons. The summed E-state index contributed by atoms with van der Waals surface area (Å²) in [7, 11) is 0. The second-order valence-corrected chi connectivity index (χ2v) is 3.95. The molecule has 0 rings (SSSR count). The van der Waals surface area contributed by atoms with Gasteiger partial charge in [-0.3, -0.25) is 4.79 Å². The average Bonchev–Trinajstić information content (AvgIpc) is 2.15. The van der Waals surface area contributed by atoms with Crippen LogP contribution in [0.5, 0.6) is 0 Å². The van der Waals surface area contributed by atoms with Gasteiger partial charge in [0.2, 0.25) is 0 Å². The number of carbonyl (C=O) groups excluding carboxylic acids is 1. The van der Waals surface area contributed by atoms with Crippen LogP contribution in [0.15, 0.2) is 0 Å².